The van der Waals surface area contributed by atoms with Gasteiger partial charge in [0.25, 0.3) is 0 Å². The van der Waals surface area contributed by atoms with Gasteiger partial charge < -0.3 is 10.1 Å². The van der Waals surface area contributed by atoms with Gasteiger partial charge in [-0.1, -0.05) is 55.5 Å². The fourth-order valence-corrected chi connectivity index (χ4v) is 3.24. The predicted molar refractivity (Wildman–Crippen MR) is 99.5 cm³/mol. The fraction of sp³-hybridized carbons (Fsp3) is 0.389. The zero-order chi connectivity index (χ0) is 18.2. The monoisotopic (exact) mass is 361 g/mol. The van der Waals surface area contributed by atoms with Crippen molar-refractivity contribution >= 4 is 28.5 Å². The number of hydrogen-bond acceptors (Lipinski definition) is 5. The van der Waals surface area contributed by atoms with E-state index in [1.54, 1.807) is 6.20 Å². The van der Waals surface area contributed by atoms with Crippen molar-refractivity contribution in [3.05, 3.63) is 36.5 Å². The molecule has 1 aromatic carbocycles. The summed E-state index contributed by atoms with van der Waals surface area (Å²) >= 11 is 1.40. The number of carbonyl (C=O) groups is 2. The number of carbonyl (C=O) groups excluding carboxylic acids is 2. The summed E-state index contributed by atoms with van der Waals surface area (Å²) in [6.45, 7) is 4.28. The molecular formula is C18H23N3O3S. The van der Waals surface area contributed by atoms with Gasteiger partial charge in [-0.05, 0) is 17.9 Å². The minimum absolute atomic E-state index is 0.230. The van der Waals surface area contributed by atoms with E-state index in [0.29, 0.717) is 17.5 Å². The van der Waals surface area contributed by atoms with E-state index in [2.05, 4.69) is 15.6 Å². The number of esters is 1. The lowest BCUT2D eigenvalue weighted by Crippen LogP contribution is -2.36. The highest BCUT2D eigenvalue weighted by Gasteiger charge is 2.21. The van der Waals surface area contributed by atoms with Crippen LogP contribution in [0.3, 0.4) is 0 Å². The Balaban J connectivity index is 1.89. The number of methoxy groups -OCH3 is 1. The number of ether oxygens (including phenoxy) is 1. The molecule has 2 amide bonds. The smallest absolute Gasteiger partial charge is 0.321 e. The maximum Gasteiger partial charge on any atom is 0.321 e. The number of benzene rings is 1. The third kappa shape index (κ3) is 5.86. The number of thiazole rings is 1. The van der Waals surface area contributed by atoms with Crippen LogP contribution in [0, 0.1) is 11.8 Å². The first kappa shape index (κ1) is 18.9. The maximum absolute atomic E-state index is 12.1. The molecule has 2 aromatic rings. The van der Waals surface area contributed by atoms with Crippen LogP contribution in [-0.4, -0.2) is 30.6 Å². The molecule has 2 N–H and O–H groups in total. The third-order valence-corrected chi connectivity index (χ3v) is 4.55. The first-order valence-corrected chi connectivity index (χ1v) is 8.95. The average Bonchev–Trinajstić information content (AvgIpc) is 3.06. The summed E-state index contributed by atoms with van der Waals surface area (Å²) < 4.78 is 4.80. The highest BCUT2D eigenvalue weighted by molar-refractivity contribution is 7.19. The van der Waals surface area contributed by atoms with Crippen molar-refractivity contribution in [2.24, 2.45) is 11.8 Å². The maximum atomic E-state index is 12.1. The van der Waals surface area contributed by atoms with Crippen LogP contribution in [0.5, 0.6) is 0 Å². The number of rotatable bonds is 7. The largest absolute Gasteiger partial charge is 0.469 e. The quantitative estimate of drug-likeness (QED) is 0.736. The Kier molecular flexibility index (Phi) is 6.94. The van der Waals surface area contributed by atoms with Gasteiger partial charge in [0.15, 0.2) is 5.13 Å². The Morgan fingerprint density at radius 3 is 2.60 bits per heavy atom. The van der Waals surface area contributed by atoms with Gasteiger partial charge in [0.05, 0.1) is 17.9 Å². The fourth-order valence-electron chi connectivity index (χ4n) is 2.42. The minimum Gasteiger partial charge on any atom is -0.469 e. The summed E-state index contributed by atoms with van der Waals surface area (Å²) in [7, 11) is 1.36. The minimum atomic E-state index is -0.383. The molecular weight excluding hydrogens is 338 g/mol. The second kappa shape index (κ2) is 9.17. The molecule has 0 aliphatic heterocycles. The van der Waals surface area contributed by atoms with E-state index in [9.17, 15) is 9.59 Å². The summed E-state index contributed by atoms with van der Waals surface area (Å²) in [4.78, 5) is 29.0. The van der Waals surface area contributed by atoms with E-state index in [-0.39, 0.29) is 24.5 Å². The van der Waals surface area contributed by atoms with Gasteiger partial charge in [0.2, 0.25) is 0 Å². The number of nitrogens with one attached hydrogen (secondary N) is 2. The molecule has 1 aromatic heterocycles. The molecule has 134 valence electrons. The summed E-state index contributed by atoms with van der Waals surface area (Å²) in [5.41, 5.74) is 1.05. The third-order valence-electron chi connectivity index (χ3n) is 3.58. The van der Waals surface area contributed by atoms with Crippen molar-refractivity contribution in [3.63, 3.8) is 0 Å². The van der Waals surface area contributed by atoms with Gasteiger partial charge in [-0.15, -0.1) is 0 Å². The zero-order valence-electron chi connectivity index (χ0n) is 14.6. The van der Waals surface area contributed by atoms with Crippen LogP contribution in [0.25, 0.3) is 10.4 Å². The molecule has 0 spiro atoms. The van der Waals surface area contributed by atoms with Crippen molar-refractivity contribution in [3.8, 4) is 10.4 Å². The highest BCUT2D eigenvalue weighted by atomic mass is 32.1. The van der Waals surface area contributed by atoms with Crippen LogP contribution in [0.15, 0.2) is 36.5 Å². The first-order chi connectivity index (χ1) is 12.0. The normalized spacial score (nSPS) is 11.8. The van der Waals surface area contributed by atoms with E-state index in [1.807, 2.05) is 44.2 Å². The Morgan fingerprint density at radius 2 is 1.96 bits per heavy atom. The Morgan fingerprint density at radius 1 is 1.24 bits per heavy atom. The SMILES string of the molecule is COC(=O)[C@@H](CNC(=O)Nc1ncc(-c2ccccc2)s1)CC(C)C. The summed E-state index contributed by atoms with van der Waals surface area (Å²) in [5.74, 6) is -0.331. The molecule has 25 heavy (non-hydrogen) atoms. The molecule has 0 saturated carbocycles. The first-order valence-electron chi connectivity index (χ1n) is 8.13. The van der Waals surface area contributed by atoms with E-state index in [0.717, 1.165) is 10.4 Å². The average molecular weight is 361 g/mol. The summed E-state index contributed by atoms with van der Waals surface area (Å²) in [5, 5.41) is 5.93. The number of anilines is 1. The van der Waals surface area contributed by atoms with Gasteiger partial charge in [0, 0.05) is 12.7 Å². The van der Waals surface area contributed by atoms with Crippen LogP contribution in [0.4, 0.5) is 9.93 Å². The molecule has 2 rings (SSSR count). The van der Waals surface area contributed by atoms with Crippen LogP contribution in [0.1, 0.15) is 20.3 Å². The molecule has 0 unspecified atom stereocenters. The van der Waals surface area contributed by atoms with E-state index in [1.165, 1.54) is 18.4 Å². The predicted octanol–water partition coefficient (Wildman–Crippen LogP) is 3.77. The number of nitrogens with zero attached hydrogens (tertiary/aromatic N) is 1. The Hall–Kier alpha value is -2.41. The molecule has 0 aliphatic carbocycles. The van der Waals surface area contributed by atoms with Crippen molar-refractivity contribution in [2.45, 2.75) is 20.3 Å². The second-order valence-corrected chi connectivity index (χ2v) is 7.11. The van der Waals surface area contributed by atoms with Crippen molar-refractivity contribution in [2.75, 3.05) is 19.0 Å². The van der Waals surface area contributed by atoms with Gasteiger partial charge in [-0.25, -0.2) is 9.78 Å². The van der Waals surface area contributed by atoms with Gasteiger partial charge >= 0.3 is 12.0 Å². The Labute approximate surface area is 151 Å². The van der Waals surface area contributed by atoms with Crippen LogP contribution >= 0.6 is 11.3 Å². The second-order valence-electron chi connectivity index (χ2n) is 6.08. The van der Waals surface area contributed by atoms with Crippen molar-refractivity contribution in [1.29, 1.82) is 0 Å². The molecule has 0 aliphatic rings. The number of aromatic nitrogens is 1. The molecule has 1 atom stereocenters. The van der Waals surface area contributed by atoms with Crippen LogP contribution in [0.2, 0.25) is 0 Å². The molecule has 0 fully saturated rings. The van der Waals surface area contributed by atoms with Crippen LogP contribution < -0.4 is 10.6 Å². The lowest BCUT2D eigenvalue weighted by Gasteiger charge is -2.17. The molecule has 0 radical (unpaired) electrons. The van der Waals surface area contributed by atoms with Gasteiger partial charge in [0.1, 0.15) is 0 Å². The number of hydrogen-bond donors (Lipinski definition) is 2. The van der Waals surface area contributed by atoms with Gasteiger partial charge in [-0.3, -0.25) is 10.1 Å². The highest BCUT2D eigenvalue weighted by Crippen LogP contribution is 2.28. The number of amides is 2. The summed E-state index contributed by atoms with van der Waals surface area (Å²) in [6, 6.07) is 9.46. The summed E-state index contributed by atoms with van der Waals surface area (Å²) in [6.07, 6.45) is 2.38. The lowest BCUT2D eigenvalue weighted by molar-refractivity contribution is -0.145. The Bertz CT molecular complexity index is 701. The number of urea groups is 1. The molecule has 6 nitrogen and oxygen atoms in total. The molecule has 0 bridgehead atoms. The molecule has 1 heterocycles. The van der Waals surface area contributed by atoms with Crippen molar-refractivity contribution < 1.29 is 14.3 Å². The van der Waals surface area contributed by atoms with Gasteiger partial charge in [-0.2, -0.15) is 0 Å². The topological polar surface area (TPSA) is 80.3 Å². The van der Waals surface area contributed by atoms with E-state index in [4.69, 9.17) is 4.74 Å². The molecule has 0 saturated heterocycles. The van der Waals surface area contributed by atoms with Crippen LogP contribution in [-0.2, 0) is 9.53 Å². The lowest BCUT2D eigenvalue weighted by atomic mass is 9.97. The molecule has 7 heteroatoms. The van der Waals surface area contributed by atoms with Crippen molar-refractivity contribution in [1.82, 2.24) is 10.3 Å². The van der Waals surface area contributed by atoms with E-state index >= 15 is 0 Å². The van der Waals surface area contributed by atoms with E-state index < -0.39 is 0 Å². The zero-order valence-corrected chi connectivity index (χ0v) is 15.4. The standard InChI is InChI=1S/C18H23N3O3S/c1-12(2)9-14(16(22)24-3)10-19-17(23)21-18-20-11-15(25-18)13-7-5-4-6-8-13/h4-8,11-12,14H,9-10H2,1-3H3,(H2,19,20,21,23)/t14-/m1/s1.